The predicted octanol–water partition coefficient (Wildman–Crippen LogP) is 5.25. The molecule has 8 nitrogen and oxygen atoms in total. The molecule has 0 atom stereocenters. The number of nitrogens with zero attached hydrogens (tertiary/aromatic N) is 2. The molecule has 36 heavy (non-hydrogen) atoms. The minimum atomic E-state index is -0.963. The summed E-state index contributed by atoms with van der Waals surface area (Å²) in [6, 6.07) is 19.7. The van der Waals surface area contributed by atoms with Gasteiger partial charge in [0.1, 0.15) is 23.6 Å². The number of carbonyl (C=O) groups excluding carboxylic acids is 1. The topological polar surface area (TPSA) is 110 Å². The molecule has 0 fully saturated rings. The molecule has 0 saturated carbocycles. The van der Waals surface area contributed by atoms with E-state index in [9.17, 15) is 9.59 Å². The van der Waals surface area contributed by atoms with E-state index in [0.717, 1.165) is 29.4 Å². The maximum atomic E-state index is 12.2. The minimum Gasteiger partial charge on any atom is -0.487 e. The molecule has 0 radical (unpaired) electrons. The van der Waals surface area contributed by atoms with Gasteiger partial charge in [-0.2, -0.15) is 5.10 Å². The van der Waals surface area contributed by atoms with Gasteiger partial charge in [0.25, 0.3) is 5.91 Å². The number of hydrogen-bond acceptors (Lipinski definition) is 6. The van der Waals surface area contributed by atoms with Crippen LogP contribution >= 0.6 is 45.2 Å². The monoisotopic (exact) mass is 707 g/mol. The molecule has 0 bridgehead atoms. The third-order valence-electron chi connectivity index (χ3n) is 4.96. The zero-order valence-electron chi connectivity index (χ0n) is 18.7. The minimum absolute atomic E-state index is 0.192. The van der Waals surface area contributed by atoms with Gasteiger partial charge in [-0.05, 0) is 92.7 Å². The zero-order chi connectivity index (χ0) is 25.5. The Morgan fingerprint density at radius 1 is 1.00 bits per heavy atom. The Hall–Kier alpha value is -3.26. The van der Waals surface area contributed by atoms with Crippen molar-refractivity contribution in [3.05, 3.63) is 96.8 Å². The van der Waals surface area contributed by atoms with Crippen molar-refractivity contribution in [3.8, 4) is 11.5 Å². The number of aromatic carboxylic acids is 1. The van der Waals surface area contributed by atoms with Crippen molar-refractivity contribution in [1.82, 2.24) is 10.4 Å². The second-order valence-electron chi connectivity index (χ2n) is 7.52. The molecule has 4 aromatic rings. The van der Waals surface area contributed by atoms with Crippen LogP contribution < -0.4 is 14.9 Å². The van der Waals surface area contributed by atoms with Crippen molar-refractivity contribution in [2.24, 2.45) is 5.10 Å². The maximum Gasteiger partial charge on any atom is 0.335 e. The van der Waals surface area contributed by atoms with Gasteiger partial charge in [-0.15, -0.1) is 0 Å². The van der Waals surface area contributed by atoms with Gasteiger partial charge in [-0.1, -0.05) is 30.3 Å². The Labute approximate surface area is 234 Å². The van der Waals surface area contributed by atoms with E-state index < -0.39 is 11.9 Å². The first-order valence-electron chi connectivity index (χ1n) is 10.6. The average Bonchev–Trinajstić information content (AvgIpc) is 2.87. The van der Waals surface area contributed by atoms with Gasteiger partial charge >= 0.3 is 5.97 Å². The van der Waals surface area contributed by atoms with Gasteiger partial charge in [0.2, 0.25) is 0 Å². The maximum absolute atomic E-state index is 12.2. The van der Waals surface area contributed by atoms with Crippen LogP contribution in [0.2, 0.25) is 0 Å². The summed E-state index contributed by atoms with van der Waals surface area (Å²) in [5.74, 6) is -0.103. The Morgan fingerprint density at radius 2 is 1.72 bits per heavy atom. The van der Waals surface area contributed by atoms with Crippen LogP contribution in [0, 0.1) is 7.14 Å². The molecule has 1 aromatic heterocycles. The largest absolute Gasteiger partial charge is 0.487 e. The second kappa shape index (κ2) is 12.1. The number of ether oxygens (including phenoxy) is 2. The molecule has 0 aliphatic carbocycles. The number of pyridine rings is 1. The van der Waals surface area contributed by atoms with Crippen molar-refractivity contribution >= 4 is 74.2 Å². The number of amides is 1. The molecule has 182 valence electrons. The van der Waals surface area contributed by atoms with Crippen molar-refractivity contribution in [1.29, 1.82) is 0 Å². The number of rotatable bonds is 9. The number of para-hydroxylation sites is 1. The summed E-state index contributed by atoms with van der Waals surface area (Å²) in [6.07, 6.45) is 3.23. The highest BCUT2D eigenvalue weighted by Gasteiger charge is 2.10. The van der Waals surface area contributed by atoms with Gasteiger partial charge in [0.05, 0.1) is 18.9 Å². The molecule has 0 aliphatic heterocycles. The Bertz CT molecular complexity index is 1410. The fourth-order valence-electron chi connectivity index (χ4n) is 3.24. The van der Waals surface area contributed by atoms with Crippen molar-refractivity contribution < 1.29 is 24.2 Å². The first kappa shape index (κ1) is 25.8. The van der Waals surface area contributed by atoms with Crippen LogP contribution in [-0.4, -0.2) is 34.8 Å². The fourth-order valence-corrected chi connectivity index (χ4v) is 5.37. The summed E-state index contributed by atoms with van der Waals surface area (Å²) in [6.45, 7) is 0.115. The van der Waals surface area contributed by atoms with Crippen molar-refractivity contribution in [3.63, 3.8) is 0 Å². The van der Waals surface area contributed by atoms with Crippen LogP contribution in [0.4, 0.5) is 0 Å². The lowest BCUT2D eigenvalue weighted by atomic mass is 10.1. The van der Waals surface area contributed by atoms with E-state index in [1.807, 2.05) is 36.4 Å². The van der Waals surface area contributed by atoms with Crippen LogP contribution in [0.25, 0.3) is 10.9 Å². The van der Waals surface area contributed by atoms with Gasteiger partial charge in [0.15, 0.2) is 6.61 Å². The summed E-state index contributed by atoms with van der Waals surface area (Å²) in [4.78, 5) is 27.5. The molecular weight excluding hydrogens is 688 g/mol. The molecule has 10 heteroatoms. The number of aromatic nitrogens is 1. The van der Waals surface area contributed by atoms with Gasteiger partial charge in [-0.25, -0.2) is 10.2 Å². The van der Waals surface area contributed by atoms with E-state index >= 15 is 0 Å². The smallest absolute Gasteiger partial charge is 0.335 e. The van der Waals surface area contributed by atoms with E-state index in [4.69, 9.17) is 14.6 Å². The molecular formula is C26H19I2N3O5. The summed E-state index contributed by atoms with van der Waals surface area (Å²) in [7, 11) is 0. The lowest BCUT2D eigenvalue weighted by Gasteiger charge is -2.11. The van der Waals surface area contributed by atoms with Gasteiger partial charge in [-0.3, -0.25) is 9.78 Å². The van der Waals surface area contributed by atoms with Crippen LogP contribution in [0.1, 0.15) is 21.5 Å². The number of hydrogen-bond donors (Lipinski definition) is 2. The quantitative estimate of drug-likeness (QED) is 0.140. The third kappa shape index (κ3) is 6.69. The molecule has 0 spiro atoms. The lowest BCUT2D eigenvalue weighted by Crippen LogP contribution is -2.24. The molecule has 1 heterocycles. The van der Waals surface area contributed by atoms with Crippen LogP contribution in [0.15, 0.2) is 78.0 Å². The average molecular weight is 707 g/mol. The van der Waals surface area contributed by atoms with E-state index in [-0.39, 0.29) is 12.2 Å². The Balaban J connectivity index is 1.31. The standard InChI is InChI=1S/C26H19I2N3O5/c27-20-11-17(12-21(28)25(20)36-14-16-6-8-19(9-7-16)26(33)34)13-30-31-23(32)15-35-22-5-1-3-18-4-2-10-29-24(18)22/h1-13H,14-15H2,(H,31,32)(H,33,34)/b30-13-. The lowest BCUT2D eigenvalue weighted by molar-refractivity contribution is -0.123. The number of halogens is 2. The molecule has 2 N–H and O–H groups in total. The second-order valence-corrected chi connectivity index (χ2v) is 9.84. The van der Waals surface area contributed by atoms with Gasteiger partial charge in [0, 0.05) is 11.6 Å². The fraction of sp³-hybridized carbons (Fsp3) is 0.0769. The van der Waals surface area contributed by atoms with E-state index in [1.54, 1.807) is 42.7 Å². The third-order valence-corrected chi connectivity index (χ3v) is 6.56. The summed E-state index contributed by atoms with van der Waals surface area (Å²) in [5.41, 5.74) is 5.05. The molecule has 0 unspecified atom stereocenters. The Kier molecular flexibility index (Phi) is 8.70. The number of nitrogens with one attached hydrogen (secondary N) is 1. The van der Waals surface area contributed by atoms with Crippen LogP contribution in [-0.2, 0) is 11.4 Å². The summed E-state index contributed by atoms with van der Waals surface area (Å²) in [5, 5.41) is 14.0. The van der Waals surface area contributed by atoms with Crippen molar-refractivity contribution in [2.75, 3.05) is 6.61 Å². The number of carboxylic acids is 1. The number of benzene rings is 3. The zero-order valence-corrected chi connectivity index (χ0v) is 23.0. The Morgan fingerprint density at radius 3 is 2.44 bits per heavy atom. The number of hydrazone groups is 1. The molecule has 0 aliphatic rings. The number of carbonyl (C=O) groups is 2. The highest BCUT2D eigenvalue weighted by molar-refractivity contribution is 14.1. The summed E-state index contributed by atoms with van der Waals surface area (Å²) >= 11 is 4.36. The first-order chi connectivity index (χ1) is 17.4. The van der Waals surface area contributed by atoms with Gasteiger partial charge < -0.3 is 14.6 Å². The van der Waals surface area contributed by atoms with E-state index in [2.05, 4.69) is 60.7 Å². The SMILES string of the molecule is O=C(COc1cccc2cccnc12)N/N=C\c1cc(I)c(OCc2ccc(C(=O)O)cc2)c(I)c1. The highest BCUT2D eigenvalue weighted by atomic mass is 127. The first-order valence-corrected chi connectivity index (χ1v) is 12.8. The van der Waals surface area contributed by atoms with E-state index in [0.29, 0.717) is 17.9 Å². The highest BCUT2D eigenvalue weighted by Crippen LogP contribution is 2.29. The van der Waals surface area contributed by atoms with Crippen molar-refractivity contribution in [2.45, 2.75) is 6.61 Å². The number of carboxylic acid groups (broad SMARTS) is 1. The summed E-state index contributed by atoms with van der Waals surface area (Å²) < 4.78 is 13.3. The normalized spacial score (nSPS) is 10.9. The molecule has 4 rings (SSSR count). The molecule has 0 saturated heterocycles. The van der Waals surface area contributed by atoms with E-state index in [1.165, 1.54) is 0 Å². The van der Waals surface area contributed by atoms with Crippen LogP contribution in [0.5, 0.6) is 11.5 Å². The predicted molar refractivity (Wildman–Crippen MR) is 153 cm³/mol. The van der Waals surface area contributed by atoms with Crippen LogP contribution in [0.3, 0.4) is 0 Å². The molecule has 1 amide bonds. The molecule has 3 aromatic carbocycles. The number of fused-ring (bicyclic) bond motifs is 1.